The Bertz CT molecular complexity index is 1190. The molecule has 1 heterocycles. The number of amides is 1. The molecule has 1 amide bonds. The van der Waals surface area contributed by atoms with Gasteiger partial charge in [-0.1, -0.05) is 18.5 Å². The predicted octanol–water partition coefficient (Wildman–Crippen LogP) is 4.88. The molecular formula is C20H19ClFN3O3S2. The summed E-state index contributed by atoms with van der Waals surface area (Å²) in [6.07, 6.45) is 0.739. The van der Waals surface area contributed by atoms with E-state index in [4.69, 9.17) is 11.6 Å². The first-order valence-corrected chi connectivity index (χ1v) is 11.6. The summed E-state index contributed by atoms with van der Waals surface area (Å²) in [5.74, 6) is -1.03. The number of aryl methyl sites for hydroxylation is 2. The number of nitrogens with zero attached hydrogens (tertiary/aromatic N) is 2. The van der Waals surface area contributed by atoms with Crippen LogP contribution in [0.3, 0.4) is 0 Å². The summed E-state index contributed by atoms with van der Waals surface area (Å²) >= 11 is 7.49. The maximum Gasteiger partial charge on any atom is 0.264 e. The van der Waals surface area contributed by atoms with E-state index in [1.54, 1.807) is 0 Å². The van der Waals surface area contributed by atoms with Crippen LogP contribution in [-0.2, 0) is 16.4 Å². The van der Waals surface area contributed by atoms with E-state index in [0.29, 0.717) is 5.13 Å². The van der Waals surface area contributed by atoms with Crippen molar-refractivity contribution < 1.29 is 17.6 Å². The fraction of sp³-hybridized carbons (Fsp3) is 0.200. The number of hydrogen-bond acceptors (Lipinski definition) is 5. The zero-order chi connectivity index (χ0) is 22.1. The van der Waals surface area contributed by atoms with E-state index in [9.17, 15) is 17.6 Å². The Labute approximate surface area is 183 Å². The van der Waals surface area contributed by atoms with Crippen LogP contribution in [0, 0.1) is 12.7 Å². The van der Waals surface area contributed by atoms with Crippen LogP contribution in [0.5, 0.6) is 0 Å². The molecule has 0 spiro atoms. The molecular weight excluding hydrogens is 449 g/mol. The molecule has 0 atom stereocenters. The highest BCUT2D eigenvalue weighted by molar-refractivity contribution is 7.92. The number of hydrogen-bond donors (Lipinski definition) is 1. The van der Waals surface area contributed by atoms with Crippen molar-refractivity contribution in [3.8, 4) is 0 Å². The summed E-state index contributed by atoms with van der Waals surface area (Å²) in [5, 5.41) is 3.20. The summed E-state index contributed by atoms with van der Waals surface area (Å²) in [6.45, 7) is 3.88. The standard InChI is InChI=1S/C20H19ClFN3O3S2/c1-4-18-12(2)29-20(23-18)24-19(26)16-11-15(9-10-17(16)21)30(27,28)25(3)14-7-5-13(22)6-8-14/h5-11H,4H2,1-3H3,(H,23,24,26). The van der Waals surface area contributed by atoms with E-state index in [1.807, 2.05) is 13.8 Å². The summed E-state index contributed by atoms with van der Waals surface area (Å²) in [6, 6.07) is 8.93. The van der Waals surface area contributed by atoms with Crippen molar-refractivity contribution in [2.24, 2.45) is 0 Å². The average Bonchev–Trinajstić information content (AvgIpc) is 3.07. The van der Waals surface area contributed by atoms with Gasteiger partial charge in [0.15, 0.2) is 5.13 Å². The van der Waals surface area contributed by atoms with E-state index in [1.165, 1.54) is 60.8 Å². The fourth-order valence-corrected chi connectivity index (χ4v) is 5.08. The zero-order valence-electron chi connectivity index (χ0n) is 16.4. The van der Waals surface area contributed by atoms with E-state index in [-0.39, 0.29) is 21.2 Å². The Morgan fingerprint density at radius 2 is 1.90 bits per heavy atom. The van der Waals surface area contributed by atoms with Gasteiger partial charge in [-0.15, -0.1) is 11.3 Å². The molecule has 158 valence electrons. The second-order valence-corrected chi connectivity index (χ2v) is 10.00. The maximum absolute atomic E-state index is 13.2. The lowest BCUT2D eigenvalue weighted by Crippen LogP contribution is -2.27. The topological polar surface area (TPSA) is 79.4 Å². The zero-order valence-corrected chi connectivity index (χ0v) is 18.8. The number of carbonyl (C=O) groups is 1. The van der Waals surface area contributed by atoms with Gasteiger partial charge < -0.3 is 0 Å². The first kappa shape index (κ1) is 22.2. The van der Waals surface area contributed by atoms with Crippen LogP contribution in [0.1, 0.15) is 27.9 Å². The van der Waals surface area contributed by atoms with Crippen LogP contribution in [0.15, 0.2) is 47.4 Å². The van der Waals surface area contributed by atoms with E-state index < -0.39 is 21.7 Å². The Morgan fingerprint density at radius 3 is 2.50 bits per heavy atom. The third-order valence-corrected chi connectivity index (χ3v) is 7.52. The molecule has 6 nitrogen and oxygen atoms in total. The number of aromatic nitrogens is 1. The molecule has 2 aromatic carbocycles. The van der Waals surface area contributed by atoms with Crippen LogP contribution < -0.4 is 9.62 Å². The summed E-state index contributed by atoms with van der Waals surface area (Å²) in [7, 11) is -2.65. The van der Waals surface area contributed by atoms with Crippen molar-refractivity contribution in [1.82, 2.24) is 4.98 Å². The number of benzene rings is 2. The molecule has 0 saturated carbocycles. The number of sulfonamides is 1. The second kappa shape index (κ2) is 8.71. The van der Waals surface area contributed by atoms with E-state index in [0.717, 1.165) is 21.3 Å². The third-order valence-electron chi connectivity index (χ3n) is 4.48. The molecule has 0 aliphatic heterocycles. The minimum atomic E-state index is -4.00. The molecule has 0 aliphatic carbocycles. The molecule has 1 aromatic heterocycles. The molecule has 0 fully saturated rings. The van der Waals surface area contributed by atoms with Crippen molar-refractivity contribution >= 4 is 49.7 Å². The Balaban J connectivity index is 1.91. The minimum absolute atomic E-state index is 0.0103. The smallest absolute Gasteiger partial charge is 0.264 e. The summed E-state index contributed by atoms with van der Waals surface area (Å²) < 4.78 is 40.2. The van der Waals surface area contributed by atoms with Gasteiger partial charge in [0.25, 0.3) is 15.9 Å². The monoisotopic (exact) mass is 467 g/mol. The predicted molar refractivity (Wildman–Crippen MR) is 118 cm³/mol. The van der Waals surface area contributed by atoms with Crippen LogP contribution in [0.4, 0.5) is 15.2 Å². The van der Waals surface area contributed by atoms with Crippen molar-refractivity contribution in [1.29, 1.82) is 0 Å². The van der Waals surface area contributed by atoms with Crippen molar-refractivity contribution in [2.75, 3.05) is 16.7 Å². The van der Waals surface area contributed by atoms with Crippen molar-refractivity contribution in [3.63, 3.8) is 0 Å². The van der Waals surface area contributed by atoms with Gasteiger partial charge in [-0.25, -0.2) is 17.8 Å². The normalized spacial score (nSPS) is 11.4. The molecule has 0 saturated heterocycles. The SMILES string of the molecule is CCc1nc(NC(=O)c2cc(S(=O)(=O)N(C)c3ccc(F)cc3)ccc2Cl)sc1C. The van der Waals surface area contributed by atoms with E-state index >= 15 is 0 Å². The molecule has 3 rings (SSSR count). The van der Waals surface area contributed by atoms with Crippen LogP contribution in [-0.4, -0.2) is 26.4 Å². The summed E-state index contributed by atoms with van der Waals surface area (Å²) in [4.78, 5) is 18.0. The lowest BCUT2D eigenvalue weighted by atomic mass is 10.2. The molecule has 0 bridgehead atoms. The van der Waals surface area contributed by atoms with Gasteiger partial charge in [0.2, 0.25) is 0 Å². The Kier molecular flexibility index (Phi) is 6.44. The lowest BCUT2D eigenvalue weighted by molar-refractivity contribution is 0.102. The number of anilines is 2. The highest BCUT2D eigenvalue weighted by Gasteiger charge is 2.24. The maximum atomic E-state index is 13.2. The first-order chi connectivity index (χ1) is 14.1. The van der Waals surface area contributed by atoms with Gasteiger partial charge in [-0.05, 0) is 55.8 Å². The fourth-order valence-electron chi connectivity index (χ4n) is 2.76. The van der Waals surface area contributed by atoms with Gasteiger partial charge in [-0.2, -0.15) is 0 Å². The van der Waals surface area contributed by atoms with Crippen LogP contribution in [0.25, 0.3) is 0 Å². The minimum Gasteiger partial charge on any atom is -0.298 e. The van der Waals surface area contributed by atoms with Crippen molar-refractivity contribution in [3.05, 3.63) is 69.4 Å². The summed E-state index contributed by atoms with van der Waals surface area (Å²) in [5.41, 5.74) is 1.18. The molecule has 0 radical (unpaired) electrons. The average molecular weight is 468 g/mol. The quantitative estimate of drug-likeness (QED) is 0.560. The first-order valence-electron chi connectivity index (χ1n) is 8.95. The van der Waals surface area contributed by atoms with Gasteiger partial charge in [0.1, 0.15) is 5.82 Å². The highest BCUT2D eigenvalue weighted by Crippen LogP contribution is 2.28. The van der Waals surface area contributed by atoms with E-state index in [2.05, 4.69) is 10.3 Å². The van der Waals surface area contributed by atoms with Crippen LogP contribution >= 0.6 is 22.9 Å². The third kappa shape index (κ3) is 4.48. The number of halogens is 2. The van der Waals surface area contributed by atoms with Crippen LogP contribution in [0.2, 0.25) is 5.02 Å². The van der Waals surface area contributed by atoms with Gasteiger partial charge >= 0.3 is 0 Å². The number of nitrogens with one attached hydrogen (secondary N) is 1. The second-order valence-electron chi connectivity index (χ2n) is 6.42. The molecule has 0 aliphatic rings. The molecule has 1 N–H and O–H groups in total. The molecule has 3 aromatic rings. The largest absolute Gasteiger partial charge is 0.298 e. The lowest BCUT2D eigenvalue weighted by Gasteiger charge is -2.20. The van der Waals surface area contributed by atoms with Gasteiger partial charge in [0.05, 0.1) is 26.9 Å². The molecule has 0 unspecified atom stereocenters. The van der Waals surface area contributed by atoms with Gasteiger partial charge in [0, 0.05) is 11.9 Å². The van der Waals surface area contributed by atoms with Crippen molar-refractivity contribution in [2.45, 2.75) is 25.2 Å². The Hall–Kier alpha value is -2.49. The Morgan fingerprint density at radius 1 is 1.23 bits per heavy atom. The highest BCUT2D eigenvalue weighted by atomic mass is 35.5. The number of carbonyl (C=O) groups excluding carboxylic acids is 1. The van der Waals surface area contributed by atoms with Gasteiger partial charge in [-0.3, -0.25) is 14.4 Å². The number of rotatable bonds is 6. The number of thiazole rings is 1. The molecule has 30 heavy (non-hydrogen) atoms. The molecule has 10 heteroatoms.